The Morgan fingerprint density at radius 3 is 2.60 bits per heavy atom. The van der Waals surface area contributed by atoms with Crippen LogP contribution in [0.15, 0.2) is 42.6 Å². The highest BCUT2D eigenvalue weighted by Gasteiger charge is 2.43. The van der Waals surface area contributed by atoms with Gasteiger partial charge in [0.2, 0.25) is 5.88 Å². The van der Waals surface area contributed by atoms with Crippen LogP contribution in [-0.2, 0) is 4.79 Å². The Hall–Kier alpha value is -2.89. The third kappa shape index (κ3) is 2.95. The molecule has 0 spiro atoms. The van der Waals surface area contributed by atoms with Gasteiger partial charge in [0.15, 0.2) is 0 Å². The van der Waals surface area contributed by atoms with Gasteiger partial charge in [-0.05, 0) is 31.0 Å². The molecule has 1 N–H and O–H groups in total. The van der Waals surface area contributed by atoms with Gasteiger partial charge < -0.3 is 14.7 Å². The van der Waals surface area contributed by atoms with E-state index in [1.807, 2.05) is 13.8 Å². The number of fused-ring (bicyclic) bond motifs is 1. The van der Waals surface area contributed by atoms with E-state index in [-0.39, 0.29) is 5.91 Å². The first-order chi connectivity index (χ1) is 12.1. The highest BCUT2D eigenvalue weighted by atomic mass is 16.5. The maximum Gasteiger partial charge on any atom is 0.313 e. The SMILES string of the molecule is CCOc1ccc([C@H]2[C@@H](C(=O)O)c3ccccc3C(=O)N2CC)cn1. The molecule has 130 valence electrons. The first-order valence-corrected chi connectivity index (χ1v) is 8.29. The predicted molar refractivity (Wildman–Crippen MR) is 91.7 cm³/mol. The van der Waals surface area contributed by atoms with Gasteiger partial charge in [-0.15, -0.1) is 0 Å². The number of nitrogens with zero attached hydrogens (tertiary/aromatic N) is 2. The first-order valence-electron chi connectivity index (χ1n) is 8.29. The van der Waals surface area contributed by atoms with Gasteiger partial charge in [0, 0.05) is 24.4 Å². The molecule has 0 fully saturated rings. The molecule has 1 aromatic heterocycles. The molecule has 0 bridgehead atoms. The van der Waals surface area contributed by atoms with E-state index >= 15 is 0 Å². The lowest BCUT2D eigenvalue weighted by Crippen LogP contribution is -2.44. The zero-order chi connectivity index (χ0) is 18.0. The summed E-state index contributed by atoms with van der Waals surface area (Å²) in [4.78, 5) is 30.7. The second-order valence-electron chi connectivity index (χ2n) is 5.80. The van der Waals surface area contributed by atoms with Gasteiger partial charge in [-0.3, -0.25) is 9.59 Å². The van der Waals surface area contributed by atoms with Crippen LogP contribution in [0.5, 0.6) is 5.88 Å². The Morgan fingerprint density at radius 1 is 1.24 bits per heavy atom. The van der Waals surface area contributed by atoms with Crippen molar-refractivity contribution in [2.24, 2.45) is 0 Å². The quantitative estimate of drug-likeness (QED) is 0.905. The zero-order valence-corrected chi connectivity index (χ0v) is 14.2. The lowest BCUT2D eigenvalue weighted by atomic mass is 9.80. The van der Waals surface area contributed by atoms with Gasteiger partial charge in [-0.2, -0.15) is 0 Å². The third-order valence-corrected chi connectivity index (χ3v) is 4.44. The number of benzene rings is 1. The standard InChI is InChI=1S/C19H20N2O4/c1-3-21-17(12-9-10-15(20-11-12)25-4-2)16(19(23)24)13-7-5-6-8-14(13)18(21)22/h5-11,16-17H,3-4H2,1-2H3,(H,23,24)/t16-,17-/m0/s1. The number of carboxylic acids is 1. The molecule has 0 saturated heterocycles. The van der Waals surface area contributed by atoms with Crippen molar-refractivity contribution in [2.75, 3.05) is 13.2 Å². The summed E-state index contributed by atoms with van der Waals surface area (Å²) in [7, 11) is 0. The Balaban J connectivity index is 2.11. The second kappa shape index (κ2) is 6.93. The summed E-state index contributed by atoms with van der Waals surface area (Å²) in [5.74, 6) is -1.48. The molecule has 1 amide bonds. The minimum Gasteiger partial charge on any atom is -0.481 e. The van der Waals surface area contributed by atoms with Gasteiger partial charge in [0.1, 0.15) is 5.92 Å². The van der Waals surface area contributed by atoms with Crippen molar-refractivity contribution < 1.29 is 19.4 Å². The molecule has 0 radical (unpaired) electrons. The highest BCUT2D eigenvalue weighted by Crippen LogP contribution is 2.42. The van der Waals surface area contributed by atoms with Gasteiger partial charge in [-0.1, -0.05) is 24.3 Å². The fourth-order valence-electron chi connectivity index (χ4n) is 3.37. The zero-order valence-electron chi connectivity index (χ0n) is 14.2. The summed E-state index contributed by atoms with van der Waals surface area (Å²) in [6.45, 7) is 4.63. The van der Waals surface area contributed by atoms with Crippen molar-refractivity contribution in [3.63, 3.8) is 0 Å². The highest BCUT2D eigenvalue weighted by molar-refractivity contribution is 6.00. The predicted octanol–water partition coefficient (Wildman–Crippen LogP) is 2.87. The lowest BCUT2D eigenvalue weighted by molar-refractivity contribution is -0.140. The van der Waals surface area contributed by atoms with Crippen LogP contribution in [0, 0.1) is 0 Å². The molecule has 2 atom stereocenters. The molecule has 3 rings (SSSR count). The van der Waals surface area contributed by atoms with E-state index in [9.17, 15) is 14.7 Å². The summed E-state index contributed by atoms with van der Waals surface area (Å²) in [6.07, 6.45) is 1.59. The van der Waals surface area contributed by atoms with E-state index in [2.05, 4.69) is 4.98 Å². The number of carbonyl (C=O) groups excluding carboxylic acids is 1. The topological polar surface area (TPSA) is 79.7 Å². The largest absolute Gasteiger partial charge is 0.481 e. The number of hydrogen-bond donors (Lipinski definition) is 1. The average molecular weight is 340 g/mol. The van der Waals surface area contributed by atoms with Crippen molar-refractivity contribution in [1.82, 2.24) is 9.88 Å². The number of aromatic nitrogens is 1. The van der Waals surface area contributed by atoms with Crippen LogP contribution >= 0.6 is 0 Å². The number of likely N-dealkylation sites (N-methyl/N-ethyl adjacent to an activating group) is 1. The van der Waals surface area contributed by atoms with Crippen molar-refractivity contribution >= 4 is 11.9 Å². The van der Waals surface area contributed by atoms with Crippen LogP contribution in [0.4, 0.5) is 0 Å². The van der Waals surface area contributed by atoms with E-state index in [1.165, 1.54) is 0 Å². The van der Waals surface area contributed by atoms with Crippen molar-refractivity contribution in [3.05, 3.63) is 59.3 Å². The smallest absolute Gasteiger partial charge is 0.313 e. The molecule has 25 heavy (non-hydrogen) atoms. The van der Waals surface area contributed by atoms with Gasteiger partial charge >= 0.3 is 5.97 Å². The number of ether oxygens (including phenoxy) is 1. The van der Waals surface area contributed by atoms with Crippen molar-refractivity contribution in [3.8, 4) is 5.88 Å². The number of amides is 1. The molecule has 1 aliphatic rings. The number of rotatable bonds is 5. The Kier molecular flexibility index (Phi) is 4.70. The van der Waals surface area contributed by atoms with E-state index in [1.54, 1.807) is 47.5 Å². The van der Waals surface area contributed by atoms with Crippen LogP contribution in [0.2, 0.25) is 0 Å². The first kappa shape index (κ1) is 17.0. The number of carbonyl (C=O) groups is 2. The lowest BCUT2D eigenvalue weighted by Gasteiger charge is -2.40. The maximum absolute atomic E-state index is 12.9. The minimum absolute atomic E-state index is 0.158. The summed E-state index contributed by atoms with van der Waals surface area (Å²) < 4.78 is 5.35. The molecule has 2 aromatic rings. The molecule has 1 aliphatic heterocycles. The fourth-order valence-corrected chi connectivity index (χ4v) is 3.37. The monoisotopic (exact) mass is 340 g/mol. The van der Waals surface area contributed by atoms with E-state index < -0.39 is 17.9 Å². The van der Waals surface area contributed by atoms with Gasteiger partial charge in [-0.25, -0.2) is 4.98 Å². The van der Waals surface area contributed by atoms with Crippen LogP contribution in [0.1, 0.15) is 47.3 Å². The van der Waals surface area contributed by atoms with E-state index in [4.69, 9.17) is 4.74 Å². The number of hydrogen-bond acceptors (Lipinski definition) is 4. The Labute approximate surface area is 146 Å². The number of pyridine rings is 1. The Bertz CT molecular complexity index is 788. The van der Waals surface area contributed by atoms with Crippen molar-refractivity contribution in [1.29, 1.82) is 0 Å². The van der Waals surface area contributed by atoms with Crippen molar-refractivity contribution in [2.45, 2.75) is 25.8 Å². The molecule has 0 saturated carbocycles. The molecular weight excluding hydrogens is 320 g/mol. The third-order valence-electron chi connectivity index (χ3n) is 4.44. The van der Waals surface area contributed by atoms with Gasteiger partial charge in [0.05, 0.1) is 12.6 Å². The molecule has 6 heteroatoms. The van der Waals surface area contributed by atoms with Crippen LogP contribution in [0.3, 0.4) is 0 Å². The fraction of sp³-hybridized carbons (Fsp3) is 0.316. The summed E-state index contributed by atoms with van der Waals surface area (Å²) in [6, 6.07) is 9.79. The number of carboxylic acid groups (broad SMARTS) is 1. The molecule has 0 unspecified atom stereocenters. The molecule has 6 nitrogen and oxygen atoms in total. The maximum atomic E-state index is 12.9. The van der Waals surface area contributed by atoms with E-state index in [0.717, 1.165) is 0 Å². The van der Waals surface area contributed by atoms with E-state index in [0.29, 0.717) is 35.7 Å². The van der Waals surface area contributed by atoms with Crippen LogP contribution < -0.4 is 4.74 Å². The minimum atomic E-state index is -0.961. The molecule has 2 heterocycles. The van der Waals surface area contributed by atoms with Gasteiger partial charge in [0.25, 0.3) is 5.91 Å². The summed E-state index contributed by atoms with van der Waals surface area (Å²) in [5.41, 5.74) is 1.68. The number of aliphatic carboxylic acids is 1. The molecular formula is C19H20N2O4. The second-order valence-corrected chi connectivity index (χ2v) is 5.80. The summed E-state index contributed by atoms with van der Waals surface area (Å²) in [5, 5.41) is 9.87. The summed E-state index contributed by atoms with van der Waals surface area (Å²) >= 11 is 0. The molecule has 0 aliphatic carbocycles. The molecule has 1 aromatic carbocycles. The normalized spacial score (nSPS) is 19.4. The Morgan fingerprint density at radius 2 is 2.00 bits per heavy atom. The van der Waals surface area contributed by atoms with Crippen LogP contribution in [0.25, 0.3) is 0 Å². The van der Waals surface area contributed by atoms with Crippen LogP contribution in [-0.4, -0.2) is 40.0 Å². The average Bonchev–Trinajstić information content (AvgIpc) is 2.62.